The van der Waals surface area contributed by atoms with Crippen LogP contribution in [0.2, 0.25) is 15.1 Å². The molecule has 1 heterocycles. The van der Waals surface area contributed by atoms with Gasteiger partial charge >= 0.3 is 0 Å². The van der Waals surface area contributed by atoms with Gasteiger partial charge in [-0.05, 0) is 35.9 Å². The fraction of sp³-hybridized carbons (Fsp3) is 0.235. The van der Waals surface area contributed by atoms with E-state index in [1.807, 2.05) is 13.0 Å². The summed E-state index contributed by atoms with van der Waals surface area (Å²) in [4.78, 5) is 0. The Labute approximate surface area is 170 Å². The molecule has 7 nitrogen and oxygen atoms in total. The van der Waals surface area contributed by atoms with E-state index in [4.69, 9.17) is 44.3 Å². The number of nitrogens with one attached hydrogen (secondary N) is 2. The highest BCUT2D eigenvalue weighted by Crippen LogP contribution is 2.35. The van der Waals surface area contributed by atoms with Crippen molar-refractivity contribution in [2.24, 2.45) is 0 Å². The second-order valence-corrected chi connectivity index (χ2v) is 6.62. The van der Waals surface area contributed by atoms with Gasteiger partial charge in [0.05, 0.1) is 6.61 Å². The fourth-order valence-electron chi connectivity index (χ4n) is 2.32. The van der Waals surface area contributed by atoms with Crippen molar-refractivity contribution in [2.45, 2.75) is 20.1 Å². The number of halogens is 3. The molecule has 0 aliphatic rings. The number of anilines is 1. The molecule has 0 aliphatic heterocycles. The normalized spacial score (nSPS) is 10.7. The Morgan fingerprint density at radius 2 is 1.78 bits per heavy atom. The van der Waals surface area contributed by atoms with Crippen LogP contribution in [-0.4, -0.2) is 27.2 Å². The number of H-pyrrole nitrogens is 1. The van der Waals surface area contributed by atoms with Crippen LogP contribution in [0.4, 0.5) is 5.95 Å². The standard InChI is InChI=1S/C17H16Cl3N5O2/c1-2-26-15-6-10(8-21-17-22-24-25-23-17)14(20)7-16(15)27-9-11-12(18)4-3-5-13(11)19/h3-7H,2,8-9H2,1H3,(H2,21,22,23,24,25). The van der Waals surface area contributed by atoms with Gasteiger partial charge in [-0.25, -0.2) is 0 Å². The monoisotopic (exact) mass is 427 g/mol. The lowest BCUT2D eigenvalue weighted by atomic mass is 10.2. The topological polar surface area (TPSA) is 85.0 Å². The highest BCUT2D eigenvalue weighted by atomic mass is 35.5. The fourth-order valence-corrected chi connectivity index (χ4v) is 3.05. The molecule has 0 aliphatic carbocycles. The number of aromatic amines is 1. The van der Waals surface area contributed by atoms with Crippen LogP contribution in [0.25, 0.3) is 0 Å². The first-order chi connectivity index (χ1) is 13.1. The Morgan fingerprint density at radius 1 is 1.04 bits per heavy atom. The van der Waals surface area contributed by atoms with Crippen LogP contribution < -0.4 is 14.8 Å². The molecule has 142 valence electrons. The molecule has 0 spiro atoms. The Balaban J connectivity index is 1.78. The lowest BCUT2D eigenvalue weighted by Gasteiger charge is -2.16. The molecule has 0 unspecified atom stereocenters. The summed E-state index contributed by atoms with van der Waals surface area (Å²) in [6.45, 7) is 2.95. The first-order valence-electron chi connectivity index (χ1n) is 8.06. The summed E-state index contributed by atoms with van der Waals surface area (Å²) < 4.78 is 11.6. The van der Waals surface area contributed by atoms with Crippen LogP contribution in [-0.2, 0) is 13.2 Å². The van der Waals surface area contributed by atoms with Crippen LogP contribution in [0.15, 0.2) is 30.3 Å². The van der Waals surface area contributed by atoms with Gasteiger partial charge in [-0.3, -0.25) is 0 Å². The zero-order chi connectivity index (χ0) is 19.2. The van der Waals surface area contributed by atoms with Crippen LogP contribution in [0, 0.1) is 0 Å². The molecule has 0 saturated heterocycles. The predicted molar refractivity (Wildman–Crippen MR) is 105 cm³/mol. The second kappa shape index (κ2) is 9.12. The molecule has 1 aromatic heterocycles. The van der Waals surface area contributed by atoms with Gasteiger partial charge in [0.15, 0.2) is 11.5 Å². The van der Waals surface area contributed by atoms with Gasteiger partial charge in [0, 0.05) is 33.2 Å². The first-order valence-corrected chi connectivity index (χ1v) is 9.20. The largest absolute Gasteiger partial charge is 0.490 e. The van der Waals surface area contributed by atoms with Gasteiger partial charge in [0.1, 0.15) is 6.61 Å². The van der Waals surface area contributed by atoms with E-state index in [9.17, 15) is 0 Å². The summed E-state index contributed by atoms with van der Waals surface area (Å²) in [6.07, 6.45) is 0. The number of rotatable bonds is 8. The van der Waals surface area contributed by atoms with E-state index >= 15 is 0 Å². The minimum atomic E-state index is 0.190. The third-order valence-corrected chi connectivity index (χ3v) is 4.69. The smallest absolute Gasteiger partial charge is 0.263 e. The third kappa shape index (κ3) is 4.94. The van der Waals surface area contributed by atoms with Crippen molar-refractivity contribution >= 4 is 40.8 Å². The van der Waals surface area contributed by atoms with Gasteiger partial charge in [0.2, 0.25) is 0 Å². The van der Waals surface area contributed by atoms with Crippen molar-refractivity contribution in [1.82, 2.24) is 20.6 Å². The number of ether oxygens (including phenoxy) is 2. The van der Waals surface area contributed by atoms with Gasteiger partial charge in [-0.15, -0.1) is 5.10 Å². The summed E-state index contributed by atoms with van der Waals surface area (Å²) >= 11 is 18.8. The minimum absolute atomic E-state index is 0.190. The first kappa shape index (κ1) is 19.5. The number of nitrogens with zero attached hydrogens (tertiary/aromatic N) is 3. The molecule has 0 fully saturated rings. The SMILES string of the molecule is CCOc1cc(CNc2nn[nH]n2)c(Cl)cc1OCc1c(Cl)cccc1Cl. The maximum absolute atomic E-state index is 6.39. The molecule has 0 bridgehead atoms. The number of benzene rings is 2. The molecule has 0 atom stereocenters. The van der Waals surface area contributed by atoms with Crippen molar-refractivity contribution in [3.63, 3.8) is 0 Å². The lowest BCUT2D eigenvalue weighted by molar-refractivity contribution is 0.269. The quantitative estimate of drug-likeness (QED) is 0.538. The molecule has 2 N–H and O–H groups in total. The molecule has 10 heteroatoms. The van der Waals surface area contributed by atoms with Gasteiger partial charge < -0.3 is 14.8 Å². The van der Waals surface area contributed by atoms with E-state index in [1.54, 1.807) is 24.3 Å². The van der Waals surface area contributed by atoms with Gasteiger partial charge in [-0.1, -0.05) is 46.0 Å². The Morgan fingerprint density at radius 3 is 2.44 bits per heavy atom. The summed E-state index contributed by atoms with van der Waals surface area (Å²) in [5, 5.41) is 18.1. The number of hydrogen-bond acceptors (Lipinski definition) is 6. The van der Waals surface area contributed by atoms with Crippen LogP contribution in [0.5, 0.6) is 11.5 Å². The van der Waals surface area contributed by atoms with Gasteiger partial charge in [0.25, 0.3) is 5.95 Å². The third-order valence-electron chi connectivity index (χ3n) is 3.63. The van der Waals surface area contributed by atoms with Crippen molar-refractivity contribution in [3.8, 4) is 11.5 Å². The summed E-state index contributed by atoms with van der Waals surface area (Å²) in [7, 11) is 0. The van der Waals surface area contributed by atoms with Crippen molar-refractivity contribution in [1.29, 1.82) is 0 Å². The van der Waals surface area contributed by atoms with E-state index < -0.39 is 0 Å². The summed E-state index contributed by atoms with van der Waals surface area (Å²) in [5.41, 5.74) is 1.50. The molecular weight excluding hydrogens is 413 g/mol. The average Bonchev–Trinajstić information content (AvgIpc) is 3.16. The Kier molecular flexibility index (Phi) is 6.60. The number of aromatic nitrogens is 4. The lowest BCUT2D eigenvalue weighted by Crippen LogP contribution is -2.05. The highest BCUT2D eigenvalue weighted by molar-refractivity contribution is 6.36. The van der Waals surface area contributed by atoms with Crippen molar-refractivity contribution in [2.75, 3.05) is 11.9 Å². The molecular formula is C17H16Cl3N5O2. The minimum Gasteiger partial charge on any atom is -0.490 e. The maximum atomic E-state index is 6.39. The van der Waals surface area contributed by atoms with E-state index in [1.165, 1.54) is 0 Å². The van der Waals surface area contributed by atoms with Crippen molar-refractivity contribution in [3.05, 3.63) is 56.5 Å². The second-order valence-electron chi connectivity index (χ2n) is 5.40. The van der Waals surface area contributed by atoms with Crippen LogP contribution in [0.3, 0.4) is 0 Å². The molecule has 0 radical (unpaired) electrons. The molecule has 0 saturated carbocycles. The average molecular weight is 429 g/mol. The Hall–Kier alpha value is -2.22. The van der Waals surface area contributed by atoms with E-state index in [-0.39, 0.29) is 6.61 Å². The van der Waals surface area contributed by atoms with Crippen molar-refractivity contribution < 1.29 is 9.47 Å². The highest BCUT2D eigenvalue weighted by Gasteiger charge is 2.14. The summed E-state index contributed by atoms with van der Waals surface area (Å²) in [5.74, 6) is 1.44. The molecule has 3 aromatic rings. The van der Waals surface area contributed by atoms with Gasteiger partial charge in [-0.2, -0.15) is 5.21 Å². The molecule has 3 rings (SSSR count). The summed E-state index contributed by atoms with van der Waals surface area (Å²) in [6, 6.07) is 8.81. The molecule has 27 heavy (non-hydrogen) atoms. The zero-order valence-electron chi connectivity index (χ0n) is 14.3. The van der Waals surface area contributed by atoms with E-state index in [0.29, 0.717) is 51.2 Å². The predicted octanol–water partition coefficient (Wildman–Crippen LogP) is 4.75. The van der Waals surface area contributed by atoms with Crippen LogP contribution >= 0.6 is 34.8 Å². The van der Waals surface area contributed by atoms with E-state index in [0.717, 1.165) is 5.56 Å². The molecule has 2 aromatic carbocycles. The van der Waals surface area contributed by atoms with E-state index in [2.05, 4.69) is 25.9 Å². The van der Waals surface area contributed by atoms with Crippen LogP contribution in [0.1, 0.15) is 18.1 Å². The molecule has 0 amide bonds. The zero-order valence-corrected chi connectivity index (χ0v) is 16.6. The number of hydrogen-bond donors (Lipinski definition) is 2. The number of tetrazole rings is 1. The maximum Gasteiger partial charge on any atom is 0.263 e. The Bertz CT molecular complexity index is 886.